The first kappa shape index (κ1) is 13.4. The Morgan fingerprint density at radius 2 is 2.17 bits per heavy atom. The Kier molecular flexibility index (Phi) is 4.28. The Morgan fingerprint density at radius 3 is 2.83 bits per heavy atom. The largest absolute Gasteiger partial charge is 0.367 e. The minimum Gasteiger partial charge on any atom is -0.367 e. The summed E-state index contributed by atoms with van der Waals surface area (Å²) >= 11 is 0. The summed E-state index contributed by atoms with van der Waals surface area (Å²) < 4.78 is 0. The molecule has 2 atom stereocenters. The average Bonchev–Trinajstić information content (AvgIpc) is 2.39. The Hall–Kier alpha value is -1.02. The number of fused-ring (bicyclic) bond motifs is 1. The summed E-state index contributed by atoms with van der Waals surface area (Å²) in [6, 6.07) is 8.03. The number of rotatable bonds is 4. The van der Waals surface area contributed by atoms with Gasteiger partial charge in [-0.2, -0.15) is 0 Å². The molecule has 0 amide bonds. The van der Waals surface area contributed by atoms with Crippen LogP contribution in [0, 0.1) is 6.92 Å². The van der Waals surface area contributed by atoms with Crippen LogP contribution in [0.5, 0.6) is 0 Å². The molecule has 0 fully saturated rings. The van der Waals surface area contributed by atoms with Crippen molar-refractivity contribution < 1.29 is 0 Å². The van der Waals surface area contributed by atoms with E-state index < -0.39 is 0 Å². The van der Waals surface area contributed by atoms with Crippen molar-refractivity contribution in [1.29, 1.82) is 0 Å². The maximum Gasteiger partial charge on any atom is 0.0414 e. The van der Waals surface area contributed by atoms with Crippen LogP contribution in [0.2, 0.25) is 0 Å². The van der Waals surface area contributed by atoms with Crippen LogP contribution >= 0.6 is 0 Å². The van der Waals surface area contributed by atoms with Gasteiger partial charge in [0.1, 0.15) is 0 Å². The molecule has 100 valence electrons. The van der Waals surface area contributed by atoms with Crippen molar-refractivity contribution >= 4 is 5.69 Å². The van der Waals surface area contributed by atoms with Crippen LogP contribution in [-0.2, 0) is 6.42 Å². The Labute approximate surface area is 111 Å². The monoisotopic (exact) mass is 246 g/mol. The number of benzene rings is 1. The van der Waals surface area contributed by atoms with E-state index in [2.05, 4.69) is 56.2 Å². The van der Waals surface area contributed by atoms with E-state index in [-0.39, 0.29) is 0 Å². The molecule has 0 saturated heterocycles. The number of likely N-dealkylation sites (N-methyl/N-ethyl adjacent to an activating group) is 1. The van der Waals surface area contributed by atoms with Gasteiger partial charge in [0.25, 0.3) is 0 Å². The normalized spacial score (nSPS) is 18.3. The van der Waals surface area contributed by atoms with Gasteiger partial charge in [-0.15, -0.1) is 0 Å². The van der Waals surface area contributed by atoms with E-state index in [4.69, 9.17) is 0 Å². The van der Waals surface area contributed by atoms with Gasteiger partial charge < -0.3 is 10.2 Å². The van der Waals surface area contributed by atoms with Gasteiger partial charge in [0.15, 0.2) is 0 Å². The van der Waals surface area contributed by atoms with E-state index >= 15 is 0 Å². The summed E-state index contributed by atoms with van der Waals surface area (Å²) in [5, 5.41) is 3.45. The van der Waals surface area contributed by atoms with Gasteiger partial charge in [0.05, 0.1) is 0 Å². The minimum atomic E-state index is 0.557. The molecule has 2 rings (SSSR count). The lowest BCUT2D eigenvalue weighted by atomic mass is 9.96. The second kappa shape index (κ2) is 5.75. The number of anilines is 1. The van der Waals surface area contributed by atoms with E-state index in [1.165, 1.54) is 42.6 Å². The molecule has 0 aliphatic carbocycles. The molecule has 18 heavy (non-hydrogen) atoms. The van der Waals surface area contributed by atoms with Crippen LogP contribution in [0.3, 0.4) is 0 Å². The van der Waals surface area contributed by atoms with Gasteiger partial charge in [-0.25, -0.2) is 0 Å². The second-order valence-electron chi connectivity index (χ2n) is 5.47. The minimum absolute atomic E-state index is 0.557. The molecule has 2 heteroatoms. The third kappa shape index (κ3) is 2.54. The van der Waals surface area contributed by atoms with E-state index in [9.17, 15) is 0 Å². The first-order valence-electron chi connectivity index (χ1n) is 7.20. The molecule has 0 radical (unpaired) electrons. The molecule has 1 aliphatic heterocycles. The zero-order chi connectivity index (χ0) is 13.1. The fourth-order valence-electron chi connectivity index (χ4n) is 3.18. The van der Waals surface area contributed by atoms with E-state index in [0.717, 1.165) is 0 Å². The highest BCUT2D eigenvalue weighted by Gasteiger charge is 2.25. The van der Waals surface area contributed by atoms with E-state index in [0.29, 0.717) is 12.1 Å². The first-order valence-corrected chi connectivity index (χ1v) is 7.20. The molecule has 2 nitrogen and oxygen atoms in total. The molecule has 1 N–H and O–H groups in total. The molecular formula is C16H26N2. The third-order valence-corrected chi connectivity index (χ3v) is 4.27. The second-order valence-corrected chi connectivity index (χ2v) is 5.47. The maximum atomic E-state index is 3.45. The van der Waals surface area contributed by atoms with Crippen molar-refractivity contribution in [3.8, 4) is 0 Å². The predicted octanol–water partition coefficient (Wildman–Crippen LogP) is 3.13. The molecule has 1 aromatic carbocycles. The van der Waals surface area contributed by atoms with Crippen LogP contribution in [0.4, 0.5) is 5.69 Å². The predicted molar refractivity (Wildman–Crippen MR) is 79.4 cm³/mol. The highest BCUT2D eigenvalue weighted by Crippen LogP contribution is 2.30. The molecule has 1 aromatic rings. The van der Waals surface area contributed by atoms with Crippen molar-refractivity contribution in [3.05, 3.63) is 29.3 Å². The standard InChI is InChI=1S/C16H26N2/c1-5-15(17-4)13(3)18-10-6-7-14-11-12(2)8-9-16(14)18/h8-9,11,13,15,17H,5-7,10H2,1-4H3. The van der Waals surface area contributed by atoms with Crippen LogP contribution in [0.15, 0.2) is 18.2 Å². The van der Waals surface area contributed by atoms with Gasteiger partial charge in [0, 0.05) is 24.3 Å². The number of nitrogens with one attached hydrogen (secondary N) is 1. The summed E-state index contributed by atoms with van der Waals surface area (Å²) in [6.45, 7) is 7.98. The van der Waals surface area contributed by atoms with Crippen LogP contribution in [0.1, 0.15) is 37.8 Å². The molecule has 0 saturated carbocycles. The summed E-state index contributed by atoms with van der Waals surface area (Å²) in [7, 11) is 2.07. The maximum absolute atomic E-state index is 3.45. The summed E-state index contributed by atoms with van der Waals surface area (Å²) in [5.74, 6) is 0. The quantitative estimate of drug-likeness (QED) is 0.878. The lowest BCUT2D eigenvalue weighted by Gasteiger charge is -2.40. The molecule has 0 bridgehead atoms. The van der Waals surface area contributed by atoms with E-state index in [1.807, 2.05) is 0 Å². The zero-order valence-corrected chi connectivity index (χ0v) is 12.2. The van der Waals surface area contributed by atoms with Gasteiger partial charge in [-0.05, 0) is 51.8 Å². The third-order valence-electron chi connectivity index (χ3n) is 4.27. The van der Waals surface area contributed by atoms with Crippen molar-refractivity contribution in [3.63, 3.8) is 0 Å². The Balaban J connectivity index is 2.26. The van der Waals surface area contributed by atoms with Gasteiger partial charge >= 0.3 is 0 Å². The van der Waals surface area contributed by atoms with Crippen LogP contribution in [-0.4, -0.2) is 25.7 Å². The van der Waals surface area contributed by atoms with Gasteiger partial charge in [-0.1, -0.05) is 24.6 Å². The Bertz CT molecular complexity index is 396. The molecule has 0 aromatic heterocycles. The first-order chi connectivity index (χ1) is 8.67. The topological polar surface area (TPSA) is 15.3 Å². The van der Waals surface area contributed by atoms with Crippen LogP contribution in [0.25, 0.3) is 0 Å². The average molecular weight is 246 g/mol. The number of hydrogen-bond acceptors (Lipinski definition) is 2. The van der Waals surface area contributed by atoms with Crippen molar-refractivity contribution in [2.45, 2.75) is 52.1 Å². The number of hydrogen-bond donors (Lipinski definition) is 1. The molecule has 2 unspecified atom stereocenters. The summed E-state index contributed by atoms with van der Waals surface area (Å²) in [4.78, 5) is 2.59. The number of nitrogens with zero attached hydrogens (tertiary/aromatic N) is 1. The SMILES string of the molecule is CCC(NC)C(C)N1CCCc2cc(C)ccc21. The van der Waals surface area contributed by atoms with E-state index in [1.54, 1.807) is 0 Å². The zero-order valence-electron chi connectivity index (χ0n) is 12.2. The van der Waals surface area contributed by atoms with Crippen molar-refractivity contribution in [2.24, 2.45) is 0 Å². The highest BCUT2D eigenvalue weighted by atomic mass is 15.2. The summed E-state index contributed by atoms with van der Waals surface area (Å²) in [5.41, 5.74) is 4.36. The lowest BCUT2D eigenvalue weighted by molar-refractivity contribution is 0.433. The van der Waals surface area contributed by atoms with Crippen molar-refractivity contribution in [1.82, 2.24) is 5.32 Å². The fourth-order valence-corrected chi connectivity index (χ4v) is 3.18. The molecule has 0 spiro atoms. The van der Waals surface area contributed by atoms with Crippen molar-refractivity contribution in [2.75, 3.05) is 18.5 Å². The highest BCUT2D eigenvalue weighted by molar-refractivity contribution is 5.57. The Morgan fingerprint density at radius 1 is 1.39 bits per heavy atom. The smallest absolute Gasteiger partial charge is 0.0414 e. The molecule has 1 aliphatic rings. The van der Waals surface area contributed by atoms with Crippen LogP contribution < -0.4 is 10.2 Å². The molecule has 1 heterocycles. The number of aryl methyl sites for hydroxylation is 2. The lowest BCUT2D eigenvalue weighted by Crippen LogP contribution is -2.49. The summed E-state index contributed by atoms with van der Waals surface area (Å²) in [6.07, 6.45) is 3.69. The molecular weight excluding hydrogens is 220 g/mol. The fraction of sp³-hybridized carbons (Fsp3) is 0.625. The van der Waals surface area contributed by atoms with Gasteiger partial charge in [0.2, 0.25) is 0 Å². The van der Waals surface area contributed by atoms with Gasteiger partial charge in [-0.3, -0.25) is 0 Å².